The van der Waals surface area contributed by atoms with Crippen molar-refractivity contribution in [2.45, 2.75) is 39.3 Å². The molecule has 0 aliphatic carbocycles. The molecule has 1 heterocycles. The molecule has 1 unspecified atom stereocenters. The number of carbonyl (C=O) groups is 2. The number of amides is 2. The number of benzene rings is 1. The van der Waals surface area contributed by atoms with E-state index in [1.807, 2.05) is 26.0 Å². The third-order valence-electron chi connectivity index (χ3n) is 4.30. The molecule has 1 aliphatic rings. The summed E-state index contributed by atoms with van der Waals surface area (Å²) in [5.41, 5.74) is 1.61. The second-order valence-electron chi connectivity index (χ2n) is 6.10. The molecule has 0 aromatic heterocycles. The monoisotopic (exact) mass is 348 g/mol. The Bertz CT molecular complexity index is 549. The highest BCUT2D eigenvalue weighted by molar-refractivity contribution is 5.94. The van der Waals surface area contributed by atoms with Crippen LogP contribution in [0.25, 0.3) is 0 Å². The quantitative estimate of drug-likeness (QED) is 0.741. The fourth-order valence-corrected chi connectivity index (χ4v) is 2.77. The van der Waals surface area contributed by atoms with Crippen molar-refractivity contribution in [1.29, 1.82) is 0 Å². The van der Waals surface area contributed by atoms with E-state index < -0.39 is 0 Å². The first kappa shape index (κ1) is 19.4. The summed E-state index contributed by atoms with van der Waals surface area (Å²) in [5.74, 6) is -0.121. The molecular weight excluding hydrogens is 320 g/mol. The lowest BCUT2D eigenvalue weighted by molar-refractivity contribution is -0.127. The first-order chi connectivity index (χ1) is 12.1. The average Bonchev–Trinajstić information content (AvgIpc) is 3.15. The smallest absolute Gasteiger partial charge is 0.253 e. The van der Waals surface area contributed by atoms with Gasteiger partial charge in [-0.05, 0) is 44.4 Å². The summed E-state index contributed by atoms with van der Waals surface area (Å²) in [6, 6.07) is 7.33. The number of rotatable bonds is 9. The van der Waals surface area contributed by atoms with E-state index >= 15 is 0 Å². The van der Waals surface area contributed by atoms with E-state index in [0.717, 1.165) is 25.0 Å². The van der Waals surface area contributed by atoms with E-state index in [4.69, 9.17) is 9.47 Å². The third kappa shape index (κ3) is 6.14. The zero-order valence-electron chi connectivity index (χ0n) is 15.1. The van der Waals surface area contributed by atoms with Gasteiger partial charge in [0.15, 0.2) is 0 Å². The lowest BCUT2D eigenvalue weighted by atomic mass is 10.1. The molecule has 2 amide bonds. The summed E-state index contributed by atoms with van der Waals surface area (Å²) in [4.78, 5) is 25.8. The van der Waals surface area contributed by atoms with Gasteiger partial charge in [0.2, 0.25) is 5.91 Å². The van der Waals surface area contributed by atoms with Crippen LogP contribution in [0.1, 0.15) is 42.6 Å². The van der Waals surface area contributed by atoms with E-state index in [9.17, 15) is 9.59 Å². The fourth-order valence-electron chi connectivity index (χ4n) is 2.77. The Morgan fingerprint density at radius 1 is 1.24 bits per heavy atom. The van der Waals surface area contributed by atoms with Gasteiger partial charge in [0.1, 0.15) is 6.61 Å². The van der Waals surface area contributed by atoms with Crippen LogP contribution in [0.2, 0.25) is 0 Å². The summed E-state index contributed by atoms with van der Waals surface area (Å²) in [7, 11) is 0. The molecular formula is C19H28N2O4. The van der Waals surface area contributed by atoms with E-state index in [1.165, 1.54) is 0 Å². The first-order valence-corrected chi connectivity index (χ1v) is 8.98. The number of hydrogen-bond acceptors (Lipinski definition) is 4. The zero-order valence-corrected chi connectivity index (χ0v) is 15.1. The molecule has 1 atom stereocenters. The zero-order chi connectivity index (χ0) is 18.1. The summed E-state index contributed by atoms with van der Waals surface area (Å²) < 4.78 is 10.8. The Labute approximate surface area is 149 Å². The van der Waals surface area contributed by atoms with Crippen LogP contribution in [0.5, 0.6) is 0 Å². The number of nitrogens with one attached hydrogen (secondary N) is 1. The van der Waals surface area contributed by atoms with Crippen LogP contribution in [0.4, 0.5) is 0 Å². The van der Waals surface area contributed by atoms with Crippen molar-refractivity contribution in [1.82, 2.24) is 10.2 Å². The molecule has 6 nitrogen and oxygen atoms in total. The van der Waals surface area contributed by atoms with Gasteiger partial charge in [0, 0.05) is 31.8 Å². The predicted molar refractivity (Wildman–Crippen MR) is 95.3 cm³/mol. The number of nitrogens with zero attached hydrogens (tertiary/aromatic N) is 1. The highest BCUT2D eigenvalue weighted by Gasteiger charge is 2.16. The molecule has 0 bridgehead atoms. The maximum Gasteiger partial charge on any atom is 0.253 e. The number of hydrogen-bond donors (Lipinski definition) is 1. The van der Waals surface area contributed by atoms with Crippen molar-refractivity contribution in [3.05, 3.63) is 35.4 Å². The molecule has 2 rings (SSSR count). The fraction of sp³-hybridized carbons (Fsp3) is 0.579. The summed E-state index contributed by atoms with van der Waals surface area (Å²) in [6.07, 6.45) is 2.19. The molecule has 0 saturated carbocycles. The lowest BCUT2D eigenvalue weighted by Gasteiger charge is -2.18. The predicted octanol–water partition coefficient (Wildman–Crippen LogP) is 1.98. The number of ether oxygens (including phenoxy) is 2. The van der Waals surface area contributed by atoms with Gasteiger partial charge in [-0.1, -0.05) is 12.1 Å². The van der Waals surface area contributed by atoms with Crippen molar-refractivity contribution in [2.75, 3.05) is 32.9 Å². The lowest BCUT2D eigenvalue weighted by Crippen LogP contribution is -2.30. The molecule has 0 radical (unpaired) electrons. The Balaban J connectivity index is 1.71. The molecule has 1 N–H and O–H groups in total. The van der Waals surface area contributed by atoms with Gasteiger partial charge in [0.05, 0.1) is 12.7 Å². The highest BCUT2D eigenvalue weighted by atomic mass is 16.5. The highest BCUT2D eigenvalue weighted by Crippen LogP contribution is 2.11. The maximum absolute atomic E-state index is 12.2. The molecule has 1 fully saturated rings. The molecule has 1 aromatic carbocycles. The summed E-state index contributed by atoms with van der Waals surface area (Å²) in [5, 5.41) is 2.82. The Morgan fingerprint density at radius 3 is 2.56 bits per heavy atom. The van der Waals surface area contributed by atoms with Crippen molar-refractivity contribution in [2.24, 2.45) is 0 Å². The molecule has 1 saturated heterocycles. The van der Waals surface area contributed by atoms with Gasteiger partial charge in [0.25, 0.3) is 5.91 Å². The van der Waals surface area contributed by atoms with Crippen molar-refractivity contribution in [3.63, 3.8) is 0 Å². The van der Waals surface area contributed by atoms with Crippen LogP contribution in [-0.4, -0.2) is 55.7 Å². The van der Waals surface area contributed by atoms with E-state index in [-0.39, 0.29) is 24.5 Å². The average molecular weight is 348 g/mol. The molecule has 1 aromatic rings. The van der Waals surface area contributed by atoms with Crippen LogP contribution in [0, 0.1) is 0 Å². The van der Waals surface area contributed by atoms with Gasteiger partial charge < -0.3 is 19.7 Å². The van der Waals surface area contributed by atoms with Crippen LogP contribution >= 0.6 is 0 Å². The minimum absolute atomic E-state index is 0.0307. The standard InChI is InChI=1S/C19H28N2O4/c1-3-21(4-2)19(23)16-9-7-15(8-10-16)12-20-18(22)14-24-13-17-6-5-11-25-17/h7-10,17H,3-6,11-14H2,1-2H3,(H,20,22). The topological polar surface area (TPSA) is 67.9 Å². The van der Waals surface area contributed by atoms with Gasteiger partial charge in [-0.25, -0.2) is 0 Å². The Hall–Kier alpha value is -1.92. The van der Waals surface area contributed by atoms with Crippen LogP contribution in [-0.2, 0) is 20.8 Å². The molecule has 6 heteroatoms. The molecule has 1 aliphatic heterocycles. The van der Waals surface area contributed by atoms with Crippen LogP contribution in [0.3, 0.4) is 0 Å². The second-order valence-corrected chi connectivity index (χ2v) is 6.10. The van der Waals surface area contributed by atoms with Gasteiger partial charge in [-0.3, -0.25) is 9.59 Å². The number of carbonyl (C=O) groups excluding carboxylic acids is 2. The van der Waals surface area contributed by atoms with E-state index in [2.05, 4.69) is 5.32 Å². The Kier molecular flexibility index (Phi) is 7.88. The van der Waals surface area contributed by atoms with E-state index in [0.29, 0.717) is 31.8 Å². The van der Waals surface area contributed by atoms with Gasteiger partial charge in [-0.15, -0.1) is 0 Å². The van der Waals surface area contributed by atoms with Gasteiger partial charge >= 0.3 is 0 Å². The first-order valence-electron chi connectivity index (χ1n) is 8.98. The largest absolute Gasteiger partial charge is 0.376 e. The summed E-state index contributed by atoms with van der Waals surface area (Å²) in [6.45, 7) is 7.03. The molecule has 25 heavy (non-hydrogen) atoms. The van der Waals surface area contributed by atoms with Gasteiger partial charge in [-0.2, -0.15) is 0 Å². The minimum atomic E-state index is -0.152. The van der Waals surface area contributed by atoms with Crippen LogP contribution in [0.15, 0.2) is 24.3 Å². The van der Waals surface area contributed by atoms with Crippen LogP contribution < -0.4 is 5.32 Å². The molecule has 138 valence electrons. The molecule has 0 spiro atoms. The normalized spacial score (nSPS) is 16.6. The summed E-state index contributed by atoms with van der Waals surface area (Å²) >= 11 is 0. The second kappa shape index (κ2) is 10.2. The SMILES string of the molecule is CCN(CC)C(=O)c1ccc(CNC(=O)COCC2CCCO2)cc1. The maximum atomic E-state index is 12.2. The van der Waals surface area contributed by atoms with Crippen molar-refractivity contribution < 1.29 is 19.1 Å². The minimum Gasteiger partial charge on any atom is -0.376 e. The Morgan fingerprint density at radius 2 is 1.96 bits per heavy atom. The third-order valence-corrected chi connectivity index (χ3v) is 4.30. The van der Waals surface area contributed by atoms with Crippen molar-refractivity contribution >= 4 is 11.8 Å². The van der Waals surface area contributed by atoms with E-state index in [1.54, 1.807) is 17.0 Å². The van der Waals surface area contributed by atoms with Crippen molar-refractivity contribution in [3.8, 4) is 0 Å².